The Hall–Kier alpha value is -1.59. The maximum Gasteiger partial charge on any atom is 0.309 e. The van der Waals surface area contributed by atoms with E-state index in [0.717, 1.165) is 19.3 Å². The summed E-state index contributed by atoms with van der Waals surface area (Å²) >= 11 is 0. The van der Waals surface area contributed by atoms with Gasteiger partial charge in [-0.25, -0.2) is 0 Å². The van der Waals surface area contributed by atoms with E-state index in [9.17, 15) is 14.4 Å². The summed E-state index contributed by atoms with van der Waals surface area (Å²) < 4.78 is 15.2. The van der Waals surface area contributed by atoms with Gasteiger partial charge < -0.3 is 14.2 Å². The van der Waals surface area contributed by atoms with Gasteiger partial charge >= 0.3 is 17.9 Å². The van der Waals surface area contributed by atoms with Gasteiger partial charge in [-0.05, 0) is 12.3 Å². The van der Waals surface area contributed by atoms with E-state index >= 15 is 0 Å². The molecule has 6 nitrogen and oxygen atoms in total. The van der Waals surface area contributed by atoms with Crippen LogP contribution in [-0.4, -0.2) is 37.2 Å². The molecule has 0 fully saturated rings. The van der Waals surface area contributed by atoms with Gasteiger partial charge in [-0.15, -0.1) is 0 Å². The van der Waals surface area contributed by atoms with Crippen LogP contribution in [0.4, 0.5) is 0 Å². The number of ether oxygens (including phenoxy) is 3. The lowest BCUT2D eigenvalue weighted by Crippen LogP contribution is -2.28. The Morgan fingerprint density at radius 1 is 0.833 bits per heavy atom. The number of carbonyl (C=O) groups is 3. The van der Waals surface area contributed by atoms with Crippen molar-refractivity contribution in [1.82, 2.24) is 0 Å². The third-order valence-electron chi connectivity index (χ3n) is 3.39. The highest BCUT2D eigenvalue weighted by molar-refractivity contribution is 5.73. The molecule has 0 aliphatic rings. The molecule has 24 heavy (non-hydrogen) atoms. The Balaban J connectivity index is 4.08. The minimum Gasteiger partial charge on any atom is -0.466 e. The Morgan fingerprint density at radius 2 is 1.50 bits per heavy atom. The van der Waals surface area contributed by atoms with E-state index < -0.39 is 24.0 Å². The van der Waals surface area contributed by atoms with Gasteiger partial charge in [0.15, 0.2) is 0 Å². The largest absolute Gasteiger partial charge is 0.466 e. The first kappa shape index (κ1) is 22.4. The van der Waals surface area contributed by atoms with Crippen LogP contribution in [0.15, 0.2) is 0 Å². The van der Waals surface area contributed by atoms with Crippen LogP contribution >= 0.6 is 0 Å². The Kier molecular flexibility index (Phi) is 12.9. The van der Waals surface area contributed by atoms with Crippen LogP contribution in [0.3, 0.4) is 0 Å². The molecular formula is C18H32O6. The summed E-state index contributed by atoms with van der Waals surface area (Å²) in [7, 11) is 0. The molecule has 0 aromatic heterocycles. The number of hydrogen-bond donors (Lipinski definition) is 0. The molecule has 0 aromatic rings. The number of rotatable bonds is 13. The number of carbonyl (C=O) groups excluding carboxylic acids is 3. The first-order chi connectivity index (χ1) is 11.4. The summed E-state index contributed by atoms with van der Waals surface area (Å²) in [5.41, 5.74) is 0. The average Bonchev–Trinajstić information content (AvgIpc) is 2.54. The average molecular weight is 344 g/mol. The molecule has 0 N–H and O–H groups in total. The van der Waals surface area contributed by atoms with Crippen LogP contribution < -0.4 is 0 Å². The van der Waals surface area contributed by atoms with E-state index in [1.807, 2.05) is 0 Å². The van der Waals surface area contributed by atoms with E-state index in [-0.39, 0.29) is 25.9 Å². The SMILES string of the molecule is CCC(=O)OCC(CC(=O)OCCCCCC(C)C)OC(=O)CC. The summed E-state index contributed by atoms with van der Waals surface area (Å²) in [5, 5.41) is 0. The van der Waals surface area contributed by atoms with Gasteiger partial charge in [0, 0.05) is 12.8 Å². The number of unbranched alkanes of at least 4 members (excludes halogenated alkanes) is 2. The second-order valence-corrected chi connectivity index (χ2v) is 6.17. The maximum absolute atomic E-state index is 11.8. The Morgan fingerprint density at radius 3 is 2.08 bits per heavy atom. The standard InChI is InChI=1S/C18H32O6/c1-5-16(19)23-13-15(24-17(20)6-2)12-18(21)22-11-9-7-8-10-14(3)4/h14-15H,5-13H2,1-4H3. The molecule has 0 aliphatic heterocycles. The highest BCUT2D eigenvalue weighted by Crippen LogP contribution is 2.09. The summed E-state index contributed by atoms with van der Waals surface area (Å²) in [6.07, 6.45) is 3.68. The summed E-state index contributed by atoms with van der Waals surface area (Å²) in [6, 6.07) is 0. The van der Waals surface area contributed by atoms with Gasteiger partial charge in [0.05, 0.1) is 13.0 Å². The monoisotopic (exact) mass is 344 g/mol. The predicted molar refractivity (Wildman–Crippen MR) is 90.3 cm³/mol. The highest BCUT2D eigenvalue weighted by atomic mass is 16.6. The first-order valence-electron chi connectivity index (χ1n) is 8.89. The quantitative estimate of drug-likeness (QED) is 0.289. The minimum atomic E-state index is -0.790. The number of esters is 3. The van der Waals surface area contributed by atoms with E-state index in [4.69, 9.17) is 14.2 Å². The maximum atomic E-state index is 11.8. The molecule has 1 unspecified atom stereocenters. The molecule has 140 valence electrons. The van der Waals surface area contributed by atoms with E-state index in [0.29, 0.717) is 12.5 Å². The molecule has 0 amide bonds. The van der Waals surface area contributed by atoms with Gasteiger partial charge in [0.2, 0.25) is 0 Å². The van der Waals surface area contributed by atoms with Crippen LogP contribution in [0, 0.1) is 5.92 Å². The van der Waals surface area contributed by atoms with E-state index in [1.54, 1.807) is 13.8 Å². The van der Waals surface area contributed by atoms with Crippen molar-refractivity contribution in [3.63, 3.8) is 0 Å². The summed E-state index contributed by atoms with van der Waals surface area (Å²) in [6.45, 7) is 7.93. The summed E-state index contributed by atoms with van der Waals surface area (Å²) in [4.78, 5) is 34.4. The molecule has 0 spiro atoms. The zero-order chi connectivity index (χ0) is 18.4. The van der Waals surface area contributed by atoms with Crippen molar-refractivity contribution < 1.29 is 28.6 Å². The van der Waals surface area contributed by atoms with Crippen molar-refractivity contribution in [2.45, 2.75) is 78.7 Å². The second-order valence-electron chi connectivity index (χ2n) is 6.17. The van der Waals surface area contributed by atoms with Crippen molar-refractivity contribution in [3.05, 3.63) is 0 Å². The third kappa shape index (κ3) is 12.9. The molecule has 0 bridgehead atoms. The Labute approximate surface area is 145 Å². The smallest absolute Gasteiger partial charge is 0.309 e. The molecule has 0 aromatic carbocycles. The molecule has 0 rings (SSSR count). The fraction of sp³-hybridized carbons (Fsp3) is 0.833. The lowest BCUT2D eigenvalue weighted by atomic mass is 10.1. The molecule has 0 saturated carbocycles. The van der Waals surface area contributed by atoms with Crippen molar-refractivity contribution in [2.24, 2.45) is 5.92 Å². The van der Waals surface area contributed by atoms with Crippen molar-refractivity contribution in [1.29, 1.82) is 0 Å². The molecule has 6 heteroatoms. The van der Waals surface area contributed by atoms with Gasteiger partial charge in [-0.1, -0.05) is 47.0 Å². The van der Waals surface area contributed by atoms with Crippen LogP contribution in [0.1, 0.15) is 72.6 Å². The van der Waals surface area contributed by atoms with Crippen LogP contribution in [0.25, 0.3) is 0 Å². The van der Waals surface area contributed by atoms with Crippen molar-refractivity contribution >= 4 is 17.9 Å². The lowest BCUT2D eigenvalue weighted by Gasteiger charge is -2.17. The fourth-order valence-electron chi connectivity index (χ4n) is 1.95. The predicted octanol–water partition coefficient (Wildman–Crippen LogP) is 3.41. The Bertz CT molecular complexity index is 378. The van der Waals surface area contributed by atoms with Gasteiger partial charge in [-0.2, -0.15) is 0 Å². The van der Waals surface area contributed by atoms with Gasteiger partial charge in [0.1, 0.15) is 12.7 Å². The third-order valence-corrected chi connectivity index (χ3v) is 3.39. The van der Waals surface area contributed by atoms with Crippen molar-refractivity contribution in [2.75, 3.05) is 13.2 Å². The van der Waals surface area contributed by atoms with E-state index in [1.165, 1.54) is 6.42 Å². The van der Waals surface area contributed by atoms with Crippen molar-refractivity contribution in [3.8, 4) is 0 Å². The zero-order valence-corrected chi connectivity index (χ0v) is 15.5. The summed E-state index contributed by atoms with van der Waals surface area (Å²) in [5.74, 6) is -0.590. The topological polar surface area (TPSA) is 78.9 Å². The molecule has 0 heterocycles. The normalized spacial score (nSPS) is 11.9. The molecule has 1 atom stereocenters. The van der Waals surface area contributed by atoms with Crippen LogP contribution in [0.2, 0.25) is 0 Å². The van der Waals surface area contributed by atoms with E-state index in [2.05, 4.69) is 13.8 Å². The minimum absolute atomic E-state index is 0.102. The van der Waals surface area contributed by atoms with Crippen LogP contribution in [0.5, 0.6) is 0 Å². The second kappa shape index (κ2) is 13.8. The molecule has 0 aliphatic carbocycles. The lowest BCUT2D eigenvalue weighted by molar-refractivity contribution is -0.163. The highest BCUT2D eigenvalue weighted by Gasteiger charge is 2.20. The fourth-order valence-corrected chi connectivity index (χ4v) is 1.95. The molecular weight excluding hydrogens is 312 g/mol. The zero-order valence-electron chi connectivity index (χ0n) is 15.5. The van der Waals surface area contributed by atoms with Gasteiger partial charge in [-0.3, -0.25) is 14.4 Å². The first-order valence-corrected chi connectivity index (χ1v) is 8.89. The molecule has 0 radical (unpaired) electrons. The molecule has 0 saturated heterocycles. The van der Waals surface area contributed by atoms with Crippen LogP contribution in [-0.2, 0) is 28.6 Å². The van der Waals surface area contributed by atoms with Gasteiger partial charge in [0.25, 0.3) is 0 Å². The number of hydrogen-bond acceptors (Lipinski definition) is 6.